The monoisotopic (exact) mass is 240 g/mol. The van der Waals surface area contributed by atoms with Crippen LogP contribution < -0.4 is 0 Å². The maximum atomic E-state index is 12.6. The molecule has 1 heterocycles. The van der Waals surface area contributed by atoms with Crippen molar-refractivity contribution in [2.45, 2.75) is 63.5 Å². The predicted octanol–water partition coefficient (Wildman–Crippen LogP) is 4.06. The van der Waals surface area contributed by atoms with E-state index in [-0.39, 0.29) is 4.75 Å². The summed E-state index contributed by atoms with van der Waals surface area (Å²) in [4.78, 5) is 12.6. The van der Waals surface area contributed by atoms with Crippen LogP contribution in [-0.4, -0.2) is 16.3 Å². The van der Waals surface area contributed by atoms with Gasteiger partial charge in [0.2, 0.25) is 0 Å². The molecule has 2 fully saturated rings. The van der Waals surface area contributed by atoms with Crippen LogP contribution in [0.5, 0.6) is 0 Å². The zero-order valence-electron chi connectivity index (χ0n) is 10.6. The fourth-order valence-electron chi connectivity index (χ4n) is 3.31. The van der Waals surface area contributed by atoms with Crippen LogP contribution in [-0.2, 0) is 4.79 Å². The van der Waals surface area contributed by atoms with Gasteiger partial charge in [-0.2, -0.15) is 0 Å². The van der Waals surface area contributed by atoms with Gasteiger partial charge in [-0.1, -0.05) is 26.2 Å². The van der Waals surface area contributed by atoms with Gasteiger partial charge in [-0.05, 0) is 44.3 Å². The lowest BCUT2D eigenvalue weighted by Gasteiger charge is -2.32. The van der Waals surface area contributed by atoms with Gasteiger partial charge < -0.3 is 0 Å². The van der Waals surface area contributed by atoms with E-state index in [4.69, 9.17) is 0 Å². The molecule has 16 heavy (non-hydrogen) atoms. The molecule has 3 atom stereocenters. The fraction of sp³-hybridized carbons (Fsp3) is 0.929. The summed E-state index contributed by atoms with van der Waals surface area (Å²) in [5.74, 6) is 2.96. The van der Waals surface area contributed by atoms with Gasteiger partial charge in [0.15, 0.2) is 5.78 Å². The fourth-order valence-corrected chi connectivity index (χ4v) is 4.64. The van der Waals surface area contributed by atoms with E-state index >= 15 is 0 Å². The SMILES string of the molecule is CCC1CCCC(C(=O)C2(C)CCCS2)C1. The summed E-state index contributed by atoms with van der Waals surface area (Å²) in [7, 11) is 0. The Morgan fingerprint density at radius 2 is 2.19 bits per heavy atom. The first kappa shape index (κ1) is 12.5. The van der Waals surface area contributed by atoms with Gasteiger partial charge in [-0.3, -0.25) is 4.79 Å². The van der Waals surface area contributed by atoms with E-state index in [9.17, 15) is 4.79 Å². The molecule has 0 spiro atoms. The van der Waals surface area contributed by atoms with Crippen molar-refractivity contribution in [2.75, 3.05) is 5.75 Å². The quantitative estimate of drug-likeness (QED) is 0.740. The van der Waals surface area contributed by atoms with Crippen LogP contribution in [0.1, 0.15) is 58.8 Å². The molecule has 92 valence electrons. The minimum atomic E-state index is -0.0275. The minimum Gasteiger partial charge on any atom is -0.298 e. The molecule has 1 nitrogen and oxygen atoms in total. The standard InChI is InChI=1S/C14H24OS/c1-3-11-6-4-7-12(10-11)13(15)14(2)8-5-9-16-14/h11-12H,3-10H2,1-2H3. The van der Waals surface area contributed by atoms with Crippen LogP contribution >= 0.6 is 11.8 Å². The van der Waals surface area contributed by atoms with E-state index in [0.717, 1.165) is 18.8 Å². The van der Waals surface area contributed by atoms with Crippen LogP contribution in [0.15, 0.2) is 0 Å². The number of hydrogen-bond acceptors (Lipinski definition) is 2. The zero-order chi connectivity index (χ0) is 11.6. The first-order valence-corrected chi connectivity index (χ1v) is 7.82. The molecule has 0 N–H and O–H groups in total. The first-order valence-electron chi connectivity index (χ1n) is 6.84. The highest BCUT2D eigenvalue weighted by molar-refractivity contribution is 8.01. The van der Waals surface area contributed by atoms with Gasteiger partial charge in [0, 0.05) is 5.92 Å². The molecule has 1 saturated heterocycles. The molecular formula is C14H24OS. The Morgan fingerprint density at radius 3 is 2.81 bits per heavy atom. The Labute approximate surface area is 104 Å². The van der Waals surface area contributed by atoms with Crippen molar-refractivity contribution in [3.8, 4) is 0 Å². The number of ketones is 1. The number of thioether (sulfide) groups is 1. The second-order valence-corrected chi connectivity index (χ2v) is 7.28. The molecule has 2 heteroatoms. The summed E-state index contributed by atoms with van der Waals surface area (Å²) in [6.07, 6.45) is 8.56. The van der Waals surface area contributed by atoms with Crippen LogP contribution in [0.3, 0.4) is 0 Å². The van der Waals surface area contributed by atoms with Gasteiger partial charge in [-0.15, -0.1) is 11.8 Å². The van der Waals surface area contributed by atoms with Crippen molar-refractivity contribution in [1.29, 1.82) is 0 Å². The molecule has 0 radical (unpaired) electrons. The summed E-state index contributed by atoms with van der Waals surface area (Å²) in [5, 5.41) is 0. The van der Waals surface area contributed by atoms with E-state index in [0.29, 0.717) is 11.7 Å². The van der Waals surface area contributed by atoms with Gasteiger partial charge in [0.1, 0.15) is 0 Å². The highest BCUT2D eigenvalue weighted by Crippen LogP contribution is 2.43. The average Bonchev–Trinajstić information content (AvgIpc) is 2.76. The van der Waals surface area contributed by atoms with Crippen molar-refractivity contribution in [2.24, 2.45) is 11.8 Å². The van der Waals surface area contributed by atoms with Gasteiger partial charge in [0.05, 0.1) is 4.75 Å². The highest BCUT2D eigenvalue weighted by atomic mass is 32.2. The number of carbonyl (C=O) groups is 1. The second-order valence-electron chi connectivity index (χ2n) is 5.68. The molecule has 0 aromatic rings. The molecule has 2 rings (SSSR count). The molecule has 1 saturated carbocycles. The third kappa shape index (κ3) is 2.47. The Balaban J connectivity index is 1.98. The van der Waals surface area contributed by atoms with Crippen LogP contribution in [0, 0.1) is 11.8 Å². The number of carbonyl (C=O) groups excluding carboxylic acids is 1. The van der Waals surface area contributed by atoms with Crippen molar-refractivity contribution >= 4 is 17.5 Å². The van der Waals surface area contributed by atoms with Crippen molar-refractivity contribution in [3.05, 3.63) is 0 Å². The maximum absolute atomic E-state index is 12.6. The molecule has 0 amide bonds. The van der Waals surface area contributed by atoms with E-state index in [1.54, 1.807) is 0 Å². The predicted molar refractivity (Wildman–Crippen MR) is 70.8 cm³/mol. The van der Waals surface area contributed by atoms with Gasteiger partial charge in [-0.25, -0.2) is 0 Å². The summed E-state index contributed by atoms with van der Waals surface area (Å²) in [6.45, 7) is 4.45. The summed E-state index contributed by atoms with van der Waals surface area (Å²) < 4.78 is -0.0275. The summed E-state index contributed by atoms with van der Waals surface area (Å²) >= 11 is 1.91. The Kier molecular flexibility index (Phi) is 3.99. The molecular weight excluding hydrogens is 216 g/mol. The highest BCUT2D eigenvalue weighted by Gasteiger charge is 2.41. The largest absolute Gasteiger partial charge is 0.298 e. The zero-order valence-corrected chi connectivity index (χ0v) is 11.4. The van der Waals surface area contributed by atoms with E-state index in [2.05, 4.69) is 13.8 Å². The lowest BCUT2D eigenvalue weighted by molar-refractivity contribution is -0.126. The number of Topliss-reactive ketones (excluding diaryl/α,β-unsaturated/α-hetero) is 1. The average molecular weight is 240 g/mol. The molecule has 0 bridgehead atoms. The molecule has 1 aliphatic heterocycles. The van der Waals surface area contributed by atoms with Gasteiger partial charge >= 0.3 is 0 Å². The molecule has 2 aliphatic rings. The minimum absolute atomic E-state index is 0.0275. The number of hydrogen-bond donors (Lipinski definition) is 0. The van der Waals surface area contributed by atoms with Crippen molar-refractivity contribution in [1.82, 2.24) is 0 Å². The summed E-state index contributed by atoms with van der Waals surface area (Å²) in [6, 6.07) is 0. The third-order valence-corrected chi connectivity index (χ3v) is 6.01. The lowest BCUT2D eigenvalue weighted by Crippen LogP contribution is -2.37. The maximum Gasteiger partial charge on any atom is 0.151 e. The van der Waals surface area contributed by atoms with E-state index < -0.39 is 0 Å². The second kappa shape index (κ2) is 5.12. The smallest absolute Gasteiger partial charge is 0.151 e. The Hall–Kier alpha value is 0.0200. The van der Waals surface area contributed by atoms with Crippen molar-refractivity contribution < 1.29 is 4.79 Å². The molecule has 3 unspecified atom stereocenters. The third-order valence-electron chi connectivity index (χ3n) is 4.47. The van der Waals surface area contributed by atoms with E-state index in [1.807, 2.05) is 11.8 Å². The molecule has 1 aliphatic carbocycles. The summed E-state index contributed by atoms with van der Waals surface area (Å²) in [5.41, 5.74) is 0. The normalized spacial score (nSPS) is 39.9. The molecule has 0 aromatic carbocycles. The Morgan fingerprint density at radius 1 is 1.38 bits per heavy atom. The van der Waals surface area contributed by atoms with Crippen LogP contribution in [0.25, 0.3) is 0 Å². The molecule has 0 aromatic heterocycles. The first-order chi connectivity index (χ1) is 7.65. The topological polar surface area (TPSA) is 17.1 Å². The Bertz CT molecular complexity index is 255. The van der Waals surface area contributed by atoms with Gasteiger partial charge in [0.25, 0.3) is 0 Å². The lowest BCUT2D eigenvalue weighted by atomic mass is 9.75. The van der Waals surface area contributed by atoms with Crippen LogP contribution in [0.4, 0.5) is 0 Å². The van der Waals surface area contributed by atoms with E-state index in [1.165, 1.54) is 37.9 Å². The van der Waals surface area contributed by atoms with Crippen molar-refractivity contribution in [3.63, 3.8) is 0 Å². The van der Waals surface area contributed by atoms with Crippen LogP contribution in [0.2, 0.25) is 0 Å². The number of rotatable bonds is 3.